The number of benzene rings is 2. The lowest BCUT2D eigenvalue weighted by Crippen LogP contribution is -2.28. The van der Waals surface area contributed by atoms with Crippen LogP contribution in [0.25, 0.3) is 0 Å². The SMILES string of the molecule is Cc1cccc(C)c1NC(=O)CNCc1ccccc1F. The van der Waals surface area contributed by atoms with Gasteiger partial charge in [-0.2, -0.15) is 0 Å². The van der Waals surface area contributed by atoms with E-state index in [-0.39, 0.29) is 18.3 Å². The molecule has 4 heteroatoms. The Morgan fingerprint density at radius 2 is 1.71 bits per heavy atom. The first-order valence-corrected chi connectivity index (χ1v) is 6.88. The Labute approximate surface area is 124 Å². The first-order chi connectivity index (χ1) is 10.1. The van der Waals surface area contributed by atoms with E-state index >= 15 is 0 Å². The summed E-state index contributed by atoms with van der Waals surface area (Å²) in [6.45, 7) is 4.37. The molecule has 0 heterocycles. The normalized spacial score (nSPS) is 10.4. The molecule has 0 unspecified atom stereocenters. The number of rotatable bonds is 5. The van der Waals surface area contributed by atoms with Gasteiger partial charge in [-0.15, -0.1) is 0 Å². The van der Waals surface area contributed by atoms with Gasteiger partial charge in [0.2, 0.25) is 5.91 Å². The Morgan fingerprint density at radius 1 is 1.05 bits per heavy atom. The molecule has 2 N–H and O–H groups in total. The predicted molar refractivity (Wildman–Crippen MR) is 82.7 cm³/mol. The fraction of sp³-hybridized carbons (Fsp3) is 0.235. The van der Waals surface area contributed by atoms with Gasteiger partial charge in [0.05, 0.1) is 6.54 Å². The smallest absolute Gasteiger partial charge is 0.238 e. The minimum absolute atomic E-state index is 0.135. The number of amides is 1. The van der Waals surface area contributed by atoms with E-state index in [2.05, 4.69) is 10.6 Å². The summed E-state index contributed by atoms with van der Waals surface area (Å²) in [5.41, 5.74) is 3.45. The molecule has 0 bridgehead atoms. The lowest BCUT2D eigenvalue weighted by Gasteiger charge is -2.12. The van der Waals surface area contributed by atoms with Crippen molar-refractivity contribution in [2.24, 2.45) is 0 Å². The van der Waals surface area contributed by atoms with Gasteiger partial charge in [0.25, 0.3) is 0 Å². The first kappa shape index (κ1) is 15.2. The van der Waals surface area contributed by atoms with Crippen molar-refractivity contribution in [3.8, 4) is 0 Å². The number of halogens is 1. The molecule has 0 aliphatic rings. The summed E-state index contributed by atoms with van der Waals surface area (Å²) < 4.78 is 13.4. The summed E-state index contributed by atoms with van der Waals surface area (Å²) in [5, 5.41) is 5.83. The maximum absolute atomic E-state index is 13.4. The minimum atomic E-state index is -0.264. The van der Waals surface area contributed by atoms with Crippen molar-refractivity contribution in [3.63, 3.8) is 0 Å². The maximum Gasteiger partial charge on any atom is 0.238 e. The van der Waals surface area contributed by atoms with Crippen molar-refractivity contribution in [1.29, 1.82) is 0 Å². The lowest BCUT2D eigenvalue weighted by molar-refractivity contribution is -0.115. The standard InChI is InChI=1S/C17H19FN2O/c1-12-6-5-7-13(2)17(12)20-16(21)11-19-10-14-8-3-4-9-15(14)18/h3-9,19H,10-11H2,1-2H3,(H,20,21). The third kappa shape index (κ3) is 4.13. The fourth-order valence-corrected chi connectivity index (χ4v) is 2.15. The zero-order chi connectivity index (χ0) is 15.2. The Bertz CT molecular complexity index is 620. The van der Waals surface area contributed by atoms with Crippen molar-refractivity contribution in [1.82, 2.24) is 5.32 Å². The summed E-state index contributed by atoms with van der Waals surface area (Å²) >= 11 is 0. The molecule has 2 aromatic rings. The molecule has 0 aromatic heterocycles. The highest BCUT2D eigenvalue weighted by atomic mass is 19.1. The molecule has 110 valence electrons. The van der Waals surface area contributed by atoms with E-state index in [9.17, 15) is 9.18 Å². The van der Waals surface area contributed by atoms with Crippen LogP contribution in [0.1, 0.15) is 16.7 Å². The van der Waals surface area contributed by atoms with Crippen LogP contribution in [-0.4, -0.2) is 12.5 Å². The molecule has 2 aromatic carbocycles. The van der Waals surface area contributed by atoms with Crippen molar-refractivity contribution in [2.75, 3.05) is 11.9 Å². The highest BCUT2D eigenvalue weighted by Gasteiger charge is 2.07. The van der Waals surface area contributed by atoms with Gasteiger partial charge < -0.3 is 10.6 Å². The zero-order valence-corrected chi connectivity index (χ0v) is 12.2. The van der Waals surface area contributed by atoms with Crippen molar-refractivity contribution in [2.45, 2.75) is 20.4 Å². The lowest BCUT2D eigenvalue weighted by atomic mass is 10.1. The molecule has 0 aliphatic heterocycles. The van der Waals surface area contributed by atoms with Crippen molar-refractivity contribution >= 4 is 11.6 Å². The second-order valence-corrected chi connectivity index (χ2v) is 5.01. The summed E-state index contributed by atoms with van der Waals surface area (Å²) in [4.78, 5) is 11.9. The number of aryl methyl sites for hydroxylation is 2. The molecule has 2 rings (SSSR count). The molecule has 0 fully saturated rings. The van der Waals surface area contributed by atoms with Gasteiger partial charge in [-0.3, -0.25) is 4.79 Å². The van der Waals surface area contributed by atoms with E-state index in [4.69, 9.17) is 0 Å². The topological polar surface area (TPSA) is 41.1 Å². The van der Waals surface area contributed by atoms with Gasteiger partial charge in [0, 0.05) is 17.8 Å². The van der Waals surface area contributed by atoms with Crippen LogP contribution in [0.3, 0.4) is 0 Å². The van der Waals surface area contributed by atoms with Gasteiger partial charge in [0.1, 0.15) is 5.82 Å². The second-order valence-electron chi connectivity index (χ2n) is 5.01. The van der Waals surface area contributed by atoms with Crippen LogP contribution in [0.5, 0.6) is 0 Å². The Balaban J connectivity index is 1.87. The van der Waals surface area contributed by atoms with Crippen molar-refractivity contribution in [3.05, 3.63) is 65.0 Å². The van der Waals surface area contributed by atoms with Gasteiger partial charge in [-0.05, 0) is 31.0 Å². The van der Waals surface area contributed by atoms with Crippen LogP contribution in [0.4, 0.5) is 10.1 Å². The molecule has 3 nitrogen and oxygen atoms in total. The van der Waals surface area contributed by atoms with Crippen molar-refractivity contribution < 1.29 is 9.18 Å². The van der Waals surface area contributed by atoms with E-state index in [1.807, 2.05) is 32.0 Å². The number of nitrogens with one attached hydrogen (secondary N) is 2. The monoisotopic (exact) mass is 286 g/mol. The maximum atomic E-state index is 13.4. The Morgan fingerprint density at radius 3 is 2.38 bits per heavy atom. The summed E-state index contributed by atoms with van der Waals surface area (Å²) in [7, 11) is 0. The van der Waals surface area contributed by atoms with E-state index in [1.54, 1.807) is 18.2 Å². The third-order valence-electron chi connectivity index (χ3n) is 3.30. The number of hydrogen-bond acceptors (Lipinski definition) is 2. The van der Waals surface area contributed by atoms with E-state index in [1.165, 1.54) is 6.07 Å². The fourth-order valence-electron chi connectivity index (χ4n) is 2.15. The molecular formula is C17H19FN2O. The van der Waals surface area contributed by atoms with Gasteiger partial charge >= 0.3 is 0 Å². The summed E-state index contributed by atoms with van der Waals surface area (Å²) in [6.07, 6.45) is 0. The zero-order valence-electron chi connectivity index (χ0n) is 12.2. The minimum Gasteiger partial charge on any atom is -0.324 e. The molecule has 0 saturated heterocycles. The molecule has 0 radical (unpaired) electrons. The van der Waals surface area contributed by atoms with Crippen LogP contribution < -0.4 is 10.6 Å². The number of hydrogen-bond donors (Lipinski definition) is 2. The van der Waals surface area contributed by atoms with Crippen LogP contribution in [-0.2, 0) is 11.3 Å². The number of carbonyl (C=O) groups is 1. The second kappa shape index (κ2) is 6.99. The van der Waals surface area contributed by atoms with Gasteiger partial charge in [-0.25, -0.2) is 4.39 Å². The quantitative estimate of drug-likeness (QED) is 0.886. The Kier molecular flexibility index (Phi) is 5.06. The van der Waals surface area contributed by atoms with Crippen LogP contribution >= 0.6 is 0 Å². The third-order valence-corrected chi connectivity index (χ3v) is 3.30. The predicted octanol–water partition coefficient (Wildman–Crippen LogP) is 3.17. The molecular weight excluding hydrogens is 267 g/mol. The van der Waals surface area contributed by atoms with E-state index in [0.717, 1.165) is 16.8 Å². The average molecular weight is 286 g/mol. The largest absolute Gasteiger partial charge is 0.324 e. The van der Waals surface area contributed by atoms with Gasteiger partial charge in [0.15, 0.2) is 0 Å². The highest BCUT2D eigenvalue weighted by molar-refractivity contribution is 5.93. The summed E-state index contributed by atoms with van der Waals surface area (Å²) in [6, 6.07) is 12.4. The van der Waals surface area contributed by atoms with Crippen LogP contribution in [0.15, 0.2) is 42.5 Å². The van der Waals surface area contributed by atoms with Crippen LogP contribution in [0, 0.1) is 19.7 Å². The van der Waals surface area contributed by atoms with E-state index in [0.29, 0.717) is 12.1 Å². The highest BCUT2D eigenvalue weighted by Crippen LogP contribution is 2.19. The average Bonchev–Trinajstić information content (AvgIpc) is 2.45. The molecule has 0 spiro atoms. The molecule has 21 heavy (non-hydrogen) atoms. The van der Waals surface area contributed by atoms with E-state index < -0.39 is 0 Å². The first-order valence-electron chi connectivity index (χ1n) is 6.88. The Hall–Kier alpha value is -2.20. The molecule has 0 saturated carbocycles. The molecule has 0 aliphatic carbocycles. The number of para-hydroxylation sites is 1. The molecule has 1 amide bonds. The number of anilines is 1. The van der Waals surface area contributed by atoms with Crippen LogP contribution in [0.2, 0.25) is 0 Å². The van der Waals surface area contributed by atoms with Gasteiger partial charge in [-0.1, -0.05) is 36.4 Å². The summed E-state index contributed by atoms with van der Waals surface area (Å²) in [5.74, 6) is -0.399. The number of carbonyl (C=O) groups excluding carboxylic acids is 1. The molecule has 0 atom stereocenters.